The molecule has 0 radical (unpaired) electrons. The summed E-state index contributed by atoms with van der Waals surface area (Å²) in [6.45, 7) is 49.9. The van der Waals surface area contributed by atoms with Crippen LogP contribution < -0.4 is 0 Å². The van der Waals surface area contributed by atoms with Crippen molar-refractivity contribution in [3.8, 4) is 34.2 Å². The second kappa shape index (κ2) is 40.4. The quantitative estimate of drug-likeness (QED) is 0.0161. The maximum Gasteiger partial charge on any atom is 0.331 e. The van der Waals surface area contributed by atoms with Crippen LogP contribution in [0.25, 0.3) is 65.6 Å². The van der Waals surface area contributed by atoms with Crippen LogP contribution in [-0.4, -0.2) is 205 Å². The number of benzene rings is 3. The van der Waals surface area contributed by atoms with E-state index in [1.54, 1.807) is 13.5 Å². The summed E-state index contributed by atoms with van der Waals surface area (Å²) in [5, 5.41) is 19.1. The molecule has 0 spiro atoms. The highest BCUT2D eigenvalue weighted by Gasteiger charge is 2.42. The second-order valence-electron chi connectivity index (χ2n) is 33.2. The van der Waals surface area contributed by atoms with Gasteiger partial charge in [-0.1, -0.05) is 139 Å². The van der Waals surface area contributed by atoms with Crippen LogP contribution in [0.3, 0.4) is 0 Å². The number of aliphatic carboxylic acids is 1. The zero-order valence-electron chi connectivity index (χ0n) is 72.2. The summed E-state index contributed by atoms with van der Waals surface area (Å²) >= 11 is 0. The average molecular weight is 1660 g/mol. The largest absolute Gasteiger partial charge is 0.480 e. The highest BCUT2D eigenvalue weighted by Crippen LogP contribution is 2.43. The first-order valence-electron chi connectivity index (χ1n) is 40.7. The van der Waals surface area contributed by atoms with Crippen LogP contribution in [0.5, 0.6) is 0 Å². The minimum atomic E-state index is -1.03. The van der Waals surface area contributed by atoms with E-state index in [2.05, 4.69) is 98.2 Å². The highest BCUT2D eigenvalue weighted by atomic mass is 16.6. The van der Waals surface area contributed by atoms with Gasteiger partial charge in [0.25, 0.3) is 0 Å². The molecule has 0 bridgehead atoms. The zero-order valence-corrected chi connectivity index (χ0v) is 72.2. The van der Waals surface area contributed by atoms with Gasteiger partial charge in [-0.3, -0.25) is 67.5 Å². The number of carbonyl (C=O) groups excluding carboxylic acids is 7. The number of aromatic amines is 3. The lowest BCUT2D eigenvalue weighted by molar-refractivity contribution is -0.147. The fraction of sp³-hybridized carbons (Fsp3) is 0.506. The summed E-state index contributed by atoms with van der Waals surface area (Å²) in [6.07, 6.45) is 4.89. The molecular formula is C89H111N15O17. The van der Waals surface area contributed by atoms with E-state index >= 15 is 0 Å². The predicted octanol–water partition coefficient (Wildman–Crippen LogP) is 14.3. The van der Waals surface area contributed by atoms with E-state index in [0.29, 0.717) is 52.3 Å². The number of carbonyl (C=O) groups is 8. The predicted molar refractivity (Wildman–Crippen MR) is 449 cm³/mol. The molecule has 0 aliphatic heterocycles. The van der Waals surface area contributed by atoms with Crippen molar-refractivity contribution in [2.75, 3.05) is 75.0 Å². The van der Waals surface area contributed by atoms with Crippen LogP contribution in [0.2, 0.25) is 0 Å². The first-order chi connectivity index (χ1) is 57.6. The Hall–Kier alpha value is -12.0. The molecular weight excluding hydrogens is 1550 g/mol. The lowest BCUT2D eigenvalue weighted by Crippen LogP contribution is -2.37. The molecule has 6 unspecified atom stereocenters. The molecule has 644 valence electrons. The van der Waals surface area contributed by atoms with Gasteiger partial charge in [-0.2, -0.15) is 0 Å². The summed E-state index contributed by atoms with van der Waals surface area (Å²) in [7, 11) is 6.49. The Labute approximate surface area is 704 Å². The molecule has 12 rings (SSSR count). The van der Waals surface area contributed by atoms with Gasteiger partial charge in [0.15, 0.2) is 34.4 Å². The number of ether oxygens (including phenoxy) is 8. The number of carboxylic acids is 1. The molecule has 32 heteroatoms. The smallest absolute Gasteiger partial charge is 0.331 e. The van der Waals surface area contributed by atoms with Crippen molar-refractivity contribution in [1.29, 1.82) is 0 Å². The van der Waals surface area contributed by atoms with E-state index in [-0.39, 0.29) is 164 Å². The Kier molecular flexibility index (Phi) is 30.5. The van der Waals surface area contributed by atoms with E-state index in [9.17, 15) is 43.5 Å². The monoisotopic (exact) mass is 1660 g/mol. The Morgan fingerprint density at radius 1 is 0.405 bits per heavy atom. The van der Waals surface area contributed by atoms with Gasteiger partial charge in [0.05, 0.1) is 105 Å². The van der Waals surface area contributed by atoms with Gasteiger partial charge >= 0.3 is 47.8 Å². The van der Waals surface area contributed by atoms with Gasteiger partial charge in [-0.25, -0.2) is 43.9 Å². The normalized spacial score (nSPS) is 20.8. The number of hydrogen-bond donors (Lipinski definition) is 4. The number of methoxy groups -OCH3 is 5. The van der Waals surface area contributed by atoms with Crippen molar-refractivity contribution in [1.82, 2.24) is 58.5 Å². The SMILES string of the molecule is [C-]#[N+]c1c(C(=O)OC2C(C)CC(C)CC2C)c2nc(-c3cc(C)cc(C)c3)[nH]n2c1CN(CC(=O)OC)CC(=O)OC.[C-]#[N+]c1c(C(=O)OC2C(C)CC(C)CC2C)c2nc(-c3ccc(C)cc3)[nH]n2c1CN(CC(=O)OC)CC(=O)OC.[C-]#[N+]c1c(C(=O)OC2C(C)CC(C)CC2C)c2nc(-c3ccc(C)cc3)[nH]n2c1CN(COC)CC(=O)O. The van der Waals surface area contributed by atoms with E-state index in [1.165, 1.54) is 50.2 Å². The third-order valence-electron chi connectivity index (χ3n) is 22.9. The summed E-state index contributed by atoms with van der Waals surface area (Å²) in [6, 6.07) is 21.5. The molecule has 6 atom stereocenters. The number of esters is 7. The number of rotatable bonds is 27. The second-order valence-corrected chi connectivity index (χ2v) is 33.2. The van der Waals surface area contributed by atoms with Crippen LogP contribution in [-0.2, 0) is 81.5 Å². The summed E-state index contributed by atoms with van der Waals surface area (Å²) in [5.74, 6) is -0.871. The van der Waals surface area contributed by atoms with Crippen LogP contribution in [0.4, 0.5) is 17.1 Å². The molecule has 6 aromatic heterocycles. The maximum atomic E-state index is 13.9. The highest BCUT2D eigenvalue weighted by molar-refractivity contribution is 6.06. The molecule has 0 amide bonds. The van der Waals surface area contributed by atoms with Crippen LogP contribution in [0.15, 0.2) is 66.7 Å². The molecule has 6 heterocycles. The van der Waals surface area contributed by atoms with Crippen molar-refractivity contribution in [3.63, 3.8) is 0 Å². The summed E-state index contributed by atoms with van der Waals surface area (Å²) in [4.78, 5) is 131. The van der Waals surface area contributed by atoms with Crippen molar-refractivity contribution >= 4 is 81.8 Å². The molecule has 4 N–H and O–H groups in total. The van der Waals surface area contributed by atoms with E-state index in [4.69, 9.17) is 72.6 Å². The lowest BCUT2D eigenvalue weighted by Gasteiger charge is -2.37. The fourth-order valence-electron chi connectivity index (χ4n) is 17.8. The lowest BCUT2D eigenvalue weighted by atomic mass is 9.75. The Morgan fingerprint density at radius 3 is 0.934 bits per heavy atom. The summed E-state index contributed by atoms with van der Waals surface area (Å²) < 4.78 is 47.5. The number of aromatic nitrogens is 9. The minimum Gasteiger partial charge on any atom is -0.480 e. The Morgan fingerprint density at radius 2 is 0.678 bits per heavy atom. The summed E-state index contributed by atoms with van der Waals surface area (Å²) in [5.41, 5.74) is 9.01. The molecule has 32 nitrogen and oxygen atoms in total. The van der Waals surface area contributed by atoms with Crippen LogP contribution >= 0.6 is 0 Å². The minimum absolute atomic E-state index is 0.0327. The molecule has 3 saturated carbocycles. The van der Waals surface area contributed by atoms with Crippen molar-refractivity contribution in [2.45, 2.75) is 166 Å². The van der Waals surface area contributed by atoms with E-state index < -0.39 is 47.8 Å². The number of hydrogen-bond acceptors (Lipinski definition) is 22. The van der Waals surface area contributed by atoms with Gasteiger partial charge in [0.2, 0.25) is 17.1 Å². The third kappa shape index (κ3) is 21.6. The van der Waals surface area contributed by atoms with Crippen molar-refractivity contribution < 1.29 is 81.4 Å². The Balaban J connectivity index is 0.000000191. The number of fused-ring (bicyclic) bond motifs is 3. The molecule has 3 aliphatic rings. The molecule has 0 saturated heterocycles. The molecule has 9 aromatic rings. The Bertz CT molecular complexity index is 5300. The van der Waals surface area contributed by atoms with Crippen LogP contribution in [0.1, 0.15) is 171 Å². The van der Waals surface area contributed by atoms with Crippen molar-refractivity contribution in [3.05, 3.63) is 157 Å². The van der Waals surface area contributed by atoms with Gasteiger partial charge < -0.3 is 43.0 Å². The third-order valence-corrected chi connectivity index (χ3v) is 22.9. The van der Waals surface area contributed by atoms with Gasteiger partial charge in [-0.05, 0) is 132 Å². The molecule has 121 heavy (non-hydrogen) atoms. The van der Waals surface area contributed by atoms with E-state index in [0.717, 1.165) is 77.5 Å². The van der Waals surface area contributed by atoms with E-state index in [1.807, 2.05) is 88.4 Å². The average Bonchev–Trinajstić information content (AvgIpc) is 1.60. The number of H-pyrrole nitrogens is 3. The number of aryl methyl sites for hydroxylation is 4. The number of nitrogens with zero attached hydrogens (tertiary/aromatic N) is 12. The molecule has 3 aliphatic carbocycles. The van der Waals surface area contributed by atoms with Gasteiger partial charge in [0.1, 0.15) is 35.0 Å². The van der Waals surface area contributed by atoms with Crippen molar-refractivity contribution in [2.24, 2.45) is 53.3 Å². The van der Waals surface area contributed by atoms with Gasteiger partial charge in [-0.15, -0.1) is 0 Å². The number of carboxylic acid groups (broad SMARTS) is 1. The van der Waals surface area contributed by atoms with Gasteiger partial charge in [0, 0.05) is 43.4 Å². The first kappa shape index (κ1) is 91.3. The zero-order chi connectivity index (χ0) is 88.1. The van der Waals surface area contributed by atoms with Crippen LogP contribution in [0, 0.1) is 101 Å². The first-order valence-corrected chi connectivity index (χ1v) is 40.7. The fourth-order valence-corrected chi connectivity index (χ4v) is 17.8. The molecule has 3 aromatic carbocycles. The maximum absolute atomic E-state index is 13.9. The topological polar surface area (TPSA) is 353 Å². The molecule has 3 fully saturated rings. The standard InChI is InChI=1S/C31H39N5O6.C30H37N5O6.C28H35N5O5/c1-17-9-18(2)13-22(12-17)29-33-30-26(31(39)42-28-20(4)10-19(3)11-21(28)5)27(32-6)23(36(30)34-29)14-35(15-24(37)40-7)16-25(38)41-8;1-17-8-10-21(11-9-17)28-32-29-25(30(38)41-27-19(3)12-18(2)13-20(27)4)26(31-5)22(35(29)33-28)14-34(15-23(36)39-6)16-24(37)40-7;1-16-7-9-20(10-8-16)26-30-27-23(28(36)38-25-18(3)11-17(2)12-19(25)4)24(29-5)21(33(27)31-26)13-32(15-37-6)14-22(34)35/h9,12-13,19-21,28H,10-11,14-16H2,1-5,7-8H3,(H,33,34);8-11,18-20,27H,12-16H2,1-4,6-7H3,(H,32,33);7-10,17-19,25H,11-15H2,1-4,6H3,(H,30,31)(H,34,35). The number of nitrogens with one attached hydrogen (secondary N) is 3.